The SMILES string of the molecule is CCOc1ccc(-c2ccc(CC(=O)CCc3cc(F)cc(CN4CCCCC4)c3)nc2)cc1. The van der Waals surface area contributed by atoms with E-state index in [0.717, 1.165) is 53.3 Å². The Bertz CT molecular complexity index is 1070. The van der Waals surface area contributed by atoms with Crippen molar-refractivity contribution >= 4 is 5.78 Å². The number of carbonyl (C=O) groups is 1. The number of pyridine rings is 1. The Kier molecular flexibility index (Phi) is 8.42. The Labute approximate surface area is 201 Å². The van der Waals surface area contributed by atoms with Gasteiger partial charge in [0.15, 0.2) is 0 Å². The van der Waals surface area contributed by atoms with Crippen molar-refractivity contribution < 1.29 is 13.9 Å². The number of aromatic nitrogens is 1. The van der Waals surface area contributed by atoms with E-state index in [2.05, 4.69) is 16.0 Å². The zero-order chi connectivity index (χ0) is 23.8. The Morgan fingerprint density at radius 3 is 2.41 bits per heavy atom. The molecule has 0 bridgehead atoms. The van der Waals surface area contributed by atoms with Gasteiger partial charge in [0.1, 0.15) is 17.3 Å². The molecule has 1 saturated heterocycles. The van der Waals surface area contributed by atoms with E-state index in [1.54, 1.807) is 18.3 Å². The van der Waals surface area contributed by atoms with Crippen LogP contribution in [0.1, 0.15) is 49.4 Å². The maximum atomic E-state index is 14.2. The number of rotatable bonds is 10. The summed E-state index contributed by atoms with van der Waals surface area (Å²) in [7, 11) is 0. The second-order valence-electron chi connectivity index (χ2n) is 9.02. The summed E-state index contributed by atoms with van der Waals surface area (Å²) in [4.78, 5) is 19.4. The molecule has 0 radical (unpaired) electrons. The Morgan fingerprint density at radius 1 is 0.971 bits per heavy atom. The topological polar surface area (TPSA) is 42.4 Å². The standard InChI is InChI=1S/C29H33FN2O2/c1-2-34-29-12-8-24(9-13-29)25-7-10-27(31-20-25)19-28(33)11-6-22-16-23(18-26(30)17-22)21-32-14-4-3-5-15-32/h7-10,12-13,16-18,20H,2-6,11,14-15,19,21H2,1H3. The van der Waals surface area contributed by atoms with Crippen LogP contribution >= 0.6 is 0 Å². The van der Waals surface area contributed by atoms with Gasteiger partial charge in [-0.15, -0.1) is 0 Å². The minimum Gasteiger partial charge on any atom is -0.494 e. The number of hydrogen-bond donors (Lipinski definition) is 0. The van der Waals surface area contributed by atoms with Crippen LogP contribution in [0.3, 0.4) is 0 Å². The summed E-state index contributed by atoms with van der Waals surface area (Å²) in [5.41, 5.74) is 4.69. The van der Waals surface area contributed by atoms with Gasteiger partial charge in [0.05, 0.1) is 6.61 Å². The summed E-state index contributed by atoms with van der Waals surface area (Å²) < 4.78 is 19.7. The summed E-state index contributed by atoms with van der Waals surface area (Å²) >= 11 is 0. The number of aryl methyl sites for hydroxylation is 1. The first-order chi connectivity index (χ1) is 16.6. The number of carbonyl (C=O) groups excluding carboxylic acids is 1. The molecular weight excluding hydrogens is 427 g/mol. The number of likely N-dealkylation sites (tertiary alicyclic amines) is 1. The van der Waals surface area contributed by atoms with Crippen LogP contribution in [-0.4, -0.2) is 35.4 Å². The van der Waals surface area contributed by atoms with E-state index in [-0.39, 0.29) is 11.6 Å². The highest BCUT2D eigenvalue weighted by molar-refractivity contribution is 5.80. The van der Waals surface area contributed by atoms with Gasteiger partial charge in [-0.3, -0.25) is 14.7 Å². The maximum Gasteiger partial charge on any atom is 0.139 e. The number of ketones is 1. The smallest absolute Gasteiger partial charge is 0.139 e. The van der Waals surface area contributed by atoms with Gasteiger partial charge in [-0.1, -0.05) is 30.7 Å². The van der Waals surface area contributed by atoms with Gasteiger partial charge in [0.2, 0.25) is 0 Å². The first-order valence-corrected chi connectivity index (χ1v) is 12.3. The van der Waals surface area contributed by atoms with Gasteiger partial charge >= 0.3 is 0 Å². The molecule has 1 fully saturated rings. The molecule has 2 heterocycles. The predicted molar refractivity (Wildman–Crippen MR) is 133 cm³/mol. The number of ether oxygens (including phenoxy) is 1. The minimum absolute atomic E-state index is 0.114. The summed E-state index contributed by atoms with van der Waals surface area (Å²) in [6.45, 7) is 5.54. The summed E-state index contributed by atoms with van der Waals surface area (Å²) in [5, 5.41) is 0. The number of piperidine rings is 1. The molecule has 5 heteroatoms. The van der Waals surface area contributed by atoms with Crippen molar-refractivity contribution in [3.05, 3.63) is 83.4 Å². The molecule has 0 saturated carbocycles. The molecule has 34 heavy (non-hydrogen) atoms. The van der Waals surface area contributed by atoms with Gasteiger partial charge in [0, 0.05) is 36.8 Å². The zero-order valence-corrected chi connectivity index (χ0v) is 19.9. The van der Waals surface area contributed by atoms with Gasteiger partial charge in [-0.25, -0.2) is 4.39 Å². The average Bonchev–Trinajstić information content (AvgIpc) is 2.84. The fourth-order valence-electron chi connectivity index (χ4n) is 4.51. The van der Waals surface area contributed by atoms with Crippen LogP contribution in [0.25, 0.3) is 11.1 Å². The van der Waals surface area contributed by atoms with E-state index < -0.39 is 0 Å². The molecule has 0 N–H and O–H groups in total. The second-order valence-corrected chi connectivity index (χ2v) is 9.02. The van der Waals surface area contributed by atoms with Gasteiger partial charge in [-0.2, -0.15) is 0 Å². The highest BCUT2D eigenvalue weighted by Crippen LogP contribution is 2.22. The van der Waals surface area contributed by atoms with E-state index in [4.69, 9.17) is 4.74 Å². The molecule has 1 aliphatic heterocycles. The second kappa shape index (κ2) is 11.9. The zero-order valence-electron chi connectivity index (χ0n) is 19.9. The largest absolute Gasteiger partial charge is 0.494 e. The van der Waals surface area contributed by atoms with Crippen molar-refractivity contribution in [2.45, 2.75) is 52.0 Å². The van der Waals surface area contributed by atoms with Crippen LogP contribution < -0.4 is 4.74 Å². The predicted octanol–water partition coefficient (Wildman–Crippen LogP) is 6.02. The molecule has 0 atom stereocenters. The third-order valence-electron chi connectivity index (χ3n) is 6.27. The fourth-order valence-corrected chi connectivity index (χ4v) is 4.51. The molecule has 0 amide bonds. The molecule has 0 aliphatic carbocycles. The monoisotopic (exact) mass is 460 g/mol. The lowest BCUT2D eigenvalue weighted by molar-refractivity contribution is -0.118. The number of hydrogen-bond acceptors (Lipinski definition) is 4. The van der Waals surface area contributed by atoms with Crippen molar-refractivity contribution in [2.24, 2.45) is 0 Å². The maximum absolute atomic E-state index is 14.2. The molecule has 178 valence electrons. The molecule has 1 aromatic heterocycles. The lowest BCUT2D eigenvalue weighted by atomic mass is 10.0. The van der Waals surface area contributed by atoms with Crippen LogP contribution in [0.15, 0.2) is 60.8 Å². The lowest BCUT2D eigenvalue weighted by Gasteiger charge is -2.26. The van der Waals surface area contributed by atoms with E-state index in [1.807, 2.05) is 43.3 Å². The van der Waals surface area contributed by atoms with Crippen LogP contribution in [0, 0.1) is 5.82 Å². The Balaban J connectivity index is 1.29. The van der Waals surface area contributed by atoms with Gasteiger partial charge in [-0.05, 0) is 86.3 Å². The molecule has 4 rings (SSSR count). The molecule has 0 unspecified atom stereocenters. The summed E-state index contributed by atoms with van der Waals surface area (Å²) in [5.74, 6) is 0.741. The quantitative estimate of drug-likeness (QED) is 0.371. The molecule has 4 nitrogen and oxygen atoms in total. The van der Waals surface area contributed by atoms with Crippen molar-refractivity contribution in [2.75, 3.05) is 19.7 Å². The van der Waals surface area contributed by atoms with E-state index in [9.17, 15) is 9.18 Å². The van der Waals surface area contributed by atoms with E-state index in [0.29, 0.717) is 25.9 Å². The van der Waals surface area contributed by atoms with Crippen molar-refractivity contribution in [3.8, 4) is 16.9 Å². The van der Waals surface area contributed by atoms with Crippen LogP contribution in [-0.2, 0) is 24.2 Å². The third-order valence-corrected chi connectivity index (χ3v) is 6.27. The number of nitrogens with zero attached hydrogens (tertiary/aromatic N) is 2. The molecule has 3 aromatic rings. The highest BCUT2D eigenvalue weighted by Gasteiger charge is 2.12. The number of Topliss-reactive ketones (excluding diaryl/α,β-unsaturated/α-hetero) is 1. The van der Waals surface area contributed by atoms with Gasteiger partial charge in [0.25, 0.3) is 0 Å². The summed E-state index contributed by atoms with van der Waals surface area (Å²) in [6.07, 6.45) is 6.74. The number of benzene rings is 2. The highest BCUT2D eigenvalue weighted by atomic mass is 19.1. The third kappa shape index (κ3) is 6.97. The van der Waals surface area contributed by atoms with Crippen molar-refractivity contribution in [3.63, 3.8) is 0 Å². The molecule has 0 spiro atoms. The van der Waals surface area contributed by atoms with Crippen molar-refractivity contribution in [1.82, 2.24) is 9.88 Å². The normalized spacial score (nSPS) is 14.2. The Morgan fingerprint density at radius 2 is 1.71 bits per heavy atom. The van der Waals surface area contributed by atoms with Gasteiger partial charge < -0.3 is 4.74 Å². The van der Waals surface area contributed by atoms with Crippen LogP contribution in [0.4, 0.5) is 4.39 Å². The average molecular weight is 461 g/mol. The van der Waals surface area contributed by atoms with E-state index in [1.165, 1.54) is 19.3 Å². The fraction of sp³-hybridized carbons (Fsp3) is 0.379. The Hall–Kier alpha value is -3.05. The van der Waals surface area contributed by atoms with Crippen molar-refractivity contribution in [1.29, 1.82) is 0 Å². The molecule has 1 aliphatic rings. The first-order valence-electron chi connectivity index (χ1n) is 12.3. The molecular formula is C29H33FN2O2. The first kappa shape index (κ1) is 24.1. The molecule has 2 aromatic carbocycles. The minimum atomic E-state index is -0.219. The summed E-state index contributed by atoms with van der Waals surface area (Å²) in [6, 6.07) is 17.0. The number of halogens is 1. The van der Waals surface area contributed by atoms with Crippen LogP contribution in [0.2, 0.25) is 0 Å². The van der Waals surface area contributed by atoms with E-state index >= 15 is 0 Å². The lowest BCUT2D eigenvalue weighted by Crippen LogP contribution is -2.29. The van der Waals surface area contributed by atoms with Crippen LogP contribution in [0.5, 0.6) is 5.75 Å².